The van der Waals surface area contributed by atoms with Crippen molar-refractivity contribution in [3.05, 3.63) is 96.4 Å². The van der Waals surface area contributed by atoms with E-state index >= 15 is 0 Å². The van der Waals surface area contributed by atoms with E-state index in [1.54, 1.807) is 37.1 Å². The average molecular weight is 515 g/mol. The zero-order valence-electron chi connectivity index (χ0n) is 21.2. The van der Waals surface area contributed by atoms with Gasteiger partial charge in [0.15, 0.2) is 11.5 Å². The van der Waals surface area contributed by atoms with Crippen molar-refractivity contribution in [1.82, 2.24) is 14.7 Å². The molecule has 1 heterocycles. The second kappa shape index (κ2) is 11.9. The molecule has 0 unspecified atom stereocenters. The summed E-state index contributed by atoms with van der Waals surface area (Å²) >= 11 is 0. The molecule has 3 aromatic carbocycles. The van der Waals surface area contributed by atoms with Crippen LogP contribution in [0.3, 0.4) is 0 Å². The Kier molecular flexibility index (Phi) is 8.17. The van der Waals surface area contributed by atoms with Crippen LogP contribution < -0.4 is 14.8 Å². The van der Waals surface area contributed by atoms with Crippen molar-refractivity contribution < 1.29 is 23.5 Å². The second-order valence-corrected chi connectivity index (χ2v) is 8.37. The van der Waals surface area contributed by atoms with Crippen molar-refractivity contribution in [2.24, 2.45) is 0 Å². The van der Waals surface area contributed by atoms with E-state index in [0.29, 0.717) is 28.4 Å². The van der Waals surface area contributed by atoms with Gasteiger partial charge in [-0.25, -0.2) is 9.07 Å². The SMILES string of the molecule is COc1ccc(-c2nn(-c3ccccc3)cc2/C=C/C(=O)N(C)CC(=O)Nc2cccc(F)c2)cc1OC. The molecule has 1 aromatic heterocycles. The van der Waals surface area contributed by atoms with Gasteiger partial charge in [-0.3, -0.25) is 9.59 Å². The summed E-state index contributed by atoms with van der Waals surface area (Å²) in [6.07, 6.45) is 4.86. The number of para-hydroxylation sites is 1. The number of hydrogen-bond acceptors (Lipinski definition) is 5. The van der Waals surface area contributed by atoms with Crippen LogP contribution in [-0.2, 0) is 9.59 Å². The van der Waals surface area contributed by atoms with Gasteiger partial charge in [0.2, 0.25) is 11.8 Å². The predicted octanol–water partition coefficient (Wildman–Crippen LogP) is 4.81. The minimum atomic E-state index is -0.462. The third kappa shape index (κ3) is 6.25. The summed E-state index contributed by atoms with van der Waals surface area (Å²) in [4.78, 5) is 26.4. The Morgan fingerprint density at radius 1 is 1.00 bits per heavy atom. The number of anilines is 1. The summed E-state index contributed by atoms with van der Waals surface area (Å²) in [5, 5.41) is 7.34. The van der Waals surface area contributed by atoms with Gasteiger partial charge in [0, 0.05) is 36.1 Å². The highest BCUT2D eigenvalue weighted by atomic mass is 19.1. The number of amides is 2. The highest BCUT2D eigenvalue weighted by molar-refractivity contribution is 5.98. The Morgan fingerprint density at radius 3 is 2.47 bits per heavy atom. The minimum Gasteiger partial charge on any atom is -0.493 e. The smallest absolute Gasteiger partial charge is 0.246 e. The van der Waals surface area contributed by atoms with Gasteiger partial charge in [0.1, 0.15) is 11.5 Å². The van der Waals surface area contributed by atoms with Gasteiger partial charge in [-0.15, -0.1) is 0 Å². The van der Waals surface area contributed by atoms with Crippen LogP contribution in [0.15, 0.2) is 85.1 Å². The lowest BCUT2D eigenvalue weighted by molar-refractivity contribution is -0.129. The Hall–Kier alpha value is -4.92. The molecule has 0 aliphatic heterocycles. The van der Waals surface area contributed by atoms with Crippen molar-refractivity contribution in [3.63, 3.8) is 0 Å². The highest BCUT2D eigenvalue weighted by Gasteiger charge is 2.15. The van der Waals surface area contributed by atoms with Crippen LogP contribution in [0.2, 0.25) is 0 Å². The lowest BCUT2D eigenvalue weighted by Crippen LogP contribution is -2.33. The molecule has 2 amide bonds. The van der Waals surface area contributed by atoms with Crippen LogP contribution in [0.4, 0.5) is 10.1 Å². The van der Waals surface area contributed by atoms with E-state index in [0.717, 1.165) is 11.3 Å². The number of benzene rings is 3. The number of carbonyl (C=O) groups is 2. The number of carbonyl (C=O) groups excluding carboxylic acids is 2. The molecular weight excluding hydrogens is 487 g/mol. The fraction of sp³-hybridized carbons (Fsp3) is 0.138. The maximum Gasteiger partial charge on any atom is 0.246 e. The molecule has 1 N–H and O–H groups in total. The summed E-state index contributed by atoms with van der Waals surface area (Å²) < 4.78 is 25.9. The van der Waals surface area contributed by atoms with Gasteiger partial charge in [0.05, 0.1) is 26.5 Å². The third-order valence-electron chi connectivity index (χ3n) is 5.69. The van der Waals surface area contributed by atoms with Gasteiger partial charge in [-0.05, 0) is 54.6 Å². The quantitative estimate of drug-likeness (QED) is 0.324. The lowest BCUT2D eigenvalue weighted by Gasteiger charge is -2.14. The number of hydrogen-bond donors (Lipinski definition) is 1. The summed E-state index contributed by atoms with van der Waals surface area (Å²) in [6.45, 7) is -0.203. The van der Waals surface area contributed by atoms with Crippen molar-refractivity contribution in [1.29, 1.82) is 0 Å². The molecule has 4 aromatic rings. The third-order valence-corrected chi connectivity index (χ3v) is 5.69. The first-order valence-electron chi connectivity index (χ1n) is 11.7. The Labute approximate surface area is 219 Å². The van der Waals surface area contributed by atoms with Gasteiger partial charge < -0.3 is 19.7 Å². The maximum atomic E-state index is 13.4. The fourth-order valence-electron chi connectivity index (χ4n) is 3.78. The van der Waals surface area contributed by atoms with Crippen LogP contribution >= 0.6 is 0 Å². The molecule has 0 aliphatic rings. The van der Waals surface area contributed by atoms with E-state index in [1.807, 2.05) is 48.7 Å². The number of ether oxygens (including phenoxy) is 2. The molecule has 9 heteroatoms. The highest BCUT2D eigenvalue weighted by Crippen LogP contribution is 2.33. The second-order valence-electron chi connectivity index (χ2n) is 8.37. The van der Waals surface area contributed by atoms with E-state index in [1.165, 1.54) is 36.2 Å². The summed E-state index contributed by atoms with van der Waals surface area (Å²) in [6, 6.07) is 20.6. The molecule has 8 nitrogen and oxygen atoms in total. The topological polar surface area (TPSA) is 85.7 Å². The fourth-order valence-corrected chi connectivity index (χ4v) is 3.78. The molecule has 0 fully saturated rings. The molecule has 194 valence electrons. The van der Waals surface area contributed by atoms with E-state index in [4.69, 9.17) is 14.6 Å². The zero-order chi connectivity index (χ0) is 27.1. The molecule has 0 atom stereocenters. The van der Waals surface area contributed by atoms with E-state index in [2.05, 4.69) is 5.32 Å². The zero-order valence-corrected chi connectivity index (χ0v) is 21.2. The van der Waals surface area contributed by atoms with E-state index in [-0.39, 0.29) is 12.5 Å². The molecular formula is C29H27FN4O4. The van der Waals surface area contributed by atoms with Gasteiger partial charge in [0.25, 0.3) is 0 Å². The van der Waals surface area contributed by atoms with Crippen LogP contribution in [-0.4, -0.2) is 54.3 Å². The van der Waals surface area contributed by atoms with Crippen LogP contribution in [0.1, 0.15) is 5.56 Å². The normalized spacial score (nSPS) is 10.8. The Balaban J connectivity index is 1.56. The molecule has 0 bridgehead atoms. The number of methoxy groups -OCH3 is 2. The predicted molar refractivity (Wildman–Crippen MR) is 144 cm³/mol. The number of rotatable bonds is 9. The van der Waals surface area contributed by atoms with Crippen molar-refractivity contribution in [3.8, 4) is 28.4 Å². The lowest BCUT2D eigenvalue weighted by atomic mass is 10.1. The maximum absolute atomic E-state index is 13.4. The molecule has 4 rings (SSSR count). The van der Waals surface area contributed by atoms with Crippen LogP contribution in [0.5, 0.6) is 11.5 Å². The number of likely N-dealkylation sites (N-methyl/N-ethyl adjacent to an activating group) is 1. The largest absolute Gasteiger partial charge is 0.493 e. The average Bonchev–Trinajstić information content (AvgIpc) is 3.36. The molecule has 0 radical (unpaired) electrons. The van der Waals surface area contributed by atoms with Crippen LogP contribution in [0.25, 0.3) is 23.0 Å². The first-order chi connectivity index (χ1) is 18.4. The van der Waals surface area contributed by atoms with Crippen molar-refractivity contribution in [2.45, 2.75) is 0 Å². The molecule has 0 saturated heterocycles. The van der Waals surface area contributed by atoms with Crippen molar-refractivity contribution >= 4 is 23.6 Å². The molecule has 0 aliphatic carbocycles. The minimum absolute atomic E-state index is 0.203. The van der Waals surface area contributed by atoms with E-state index < -0.39 is 11.7 Å². The van der Waals surface area contributed by atoms with Gasteiger partial charge in [-0.1, -0.05) is 24.3 Å². The van der Waals surface area contributed by atoms with Gasteiger partial charge >= 0.3 is 0 Å². The first-order valence-corrected chi connectivity index (χ1v) is 11.7. The standard InChI is InChI=1S/C29H27FN4O4/c1-33(19-27(35)31-23-9-7-8-22(30)17-23)28(36)15-13-21-18-34(24-10-5-4-6-11-24)32-29(21)20-12-14-25(37-2)26(16-20)38-3/h4-18H,19H2,1-3H3,(H,31,35)/b15-13+. The number of aromatic nitrogens is 2. The van der Waals surface area contributed by atoms with Crippen molar-refractivity contribution in [2.75, 3.05) is 33.1 Å². The number of nitrogens with zero attached hydrogens (tertiary/aromatic N) is 3. The first kappa shape index (κ1) is 26.2. The summed E-state index contributed by atoms with van der Waals surface area (Å²) in [7, 11) is 4.64. The van der Waals surface area contributed by atoms with E-state index in [9.17, 15) is 14.0 Å². The molecule has 0 saturated carbocycles. The number of halogens is 1. The van der Waals surface area contributed by atoms with Gasteiger partial charge in [-0.2, -0.15) is 5.10 Å². The Morgan fingerprint density at radius 2 is 1.76 bits per heavy atom. The monoisotopic (exact) mass is 514 g/mol. The molecule has 38 heavy (non-hydrogen) atoms. The molecule has 0 spiro atoms. The summed E-state index contributed by atoms with van der Waals surface area (Å²) in [5.74, 6) is -0.150. The number of nitrogens with one attached hydrogen (secondary N) is 1. The summed E-state index contributed by atoms with van der Waals surface area (Å²) in [5.41, 5.74) is 3.26. The van der Waals surface area contributed by atoms with Crippen LogP contribution in [0, 0.1) is 5.82 Å². The Bertz CT molecular complexity index is 1470.